The highest BCUT2D eigenvalue weighted by atomic mass is 16.1. The predicted molar refractivity (Wildman–Crippen MR) is 84.9 cm³/mol. The molecular formula is C16H20N4O. The summed E-state index contributed by atoms with van der Waals surface area (Å²) in [5.41, 5.74) is 13.2. The van der Waals surface area contributed by atoms with Crippen LogP contribution < -0.4 is 16.4 Å². The summed E-state index contributed by atoms with van der Waals surface area (Å²) in [6, 6.07) is 13.4. The van der Waals surface area contributed by atoms with E-state index >= 15 is 0 Å². The highest BCUT2D eigenvalue weighted by molar-refractivity contribution is 5.91. The first kappa shape index (κ1) is 14.8. The molecule has 21 heavy (non-hydrogen) atoms. The topological polar surface area (TPSA) is 85.2 Å². The molecule has 0 radical (unpaired) electrons. The number of nitrogens with zero attached hydrogens (tertiary/aromatic N) is 2. The van der Waals surface area contributed by atoms with Crippen molar-refractivity contribution >= 4 is 17.4 Å². The van der Waals surface area contributed by atoms with Gasteiger partial charge in [0, 0.05) is 12.6 Å². The van der Waals surface area contributed by atoms with Gasteiger partial charge in [-0.1, -0.05) is 30.3 Å². The summed E-state index contributed by atoms with van der Waals surface area (Å²) in [4.78, 5) is 17.7. The van der Waals surface area contributed by atoms with E-state index in [2.05, 4.69) is 23.7 Å². The van der Waals surface area contributed by atoms with Crippen LogP contribution in [0, 0.1) is 0 Å². The van der Waals surface area contributed by atoms with Gasteiger partial charge in [-0.3, -0.25) is 4.79 Å². The van der Waals surface area contributed by atoms with Crippen LogP contribution in [0.15, 0.2) is 42.5 Å². The molecule has 0 atom stereocenters. The number of aromatic nitrogens is 1. The van der Waals surface area contributed by atoms with Crippen LogP contribution in [0.5, 0.6) is 0 Å². The van der Waals surface area contributed by atoms with Crippen molar-refractivity contribution in [2.75, 3.05) is 10.6 Å². The van der Waals surface area contributed by atoms with Crippen LogP contribution in [0.4, 0.5) is 11.5 Å². The van der Waals surface area contributed by atoms with Crippen LogP contribution in [-0.4, -0.2) is 16.9 Å². The average molecular weight is 284 g/mol. The van der Waals surface area contributed by atoms with Crippen molar-refractivity contribution in [1.82, 2.24) is 4.98 Å². The molecule has 0 fully saturated rings. The van der Waals surface area contributed by atoms with Crippen LogP contribution in [0.3, 0.4) is 0 Å². The number of amides is 1. The molecule has 5 nitrogen and oxygen atoms in total. The van der Waals surface area contributed by atoms with Gasteiger partial charge in [-0.25, -0.2) is 4.98 Å². The predicted octanol–water partition coefficient (Wildman–Crippen LogP) is 2.18. The molecule has 4 N–H and O–H groups in total. The first-order valence-corrected chi connectivity index (χ1v) is 6.86. The molecule has 0 saturated heterocycles. The number of hydrogen-bond donors (Lipinski definition) is 2. The molecule has 110 valence electrons. The van der Waals surface area contributed by atoms with E-state index in [0.29, 0.717) is 18.1 Å². The van der Waals surface area contributed by atoms with Gasteiger partial charge in [0.2, 0.25) is 0 Å². The van der Waals surface area contributed by atoms with Crippen molar-refractivity contribution in [3.8, 4) is 0 Å². The lowest BCUT2D eigenvalue weighted by Gasteiger charge is -2.29. The quantitative estimate of drug-likeness (QED) is 0.881. The molecule has 2 aromatic rings. The number of benzene rings is 1. The van der Waals surface area contributed by atoms with Gasteiger partial charge in [-0.2, -0.15) is 0 Å². The van der Waals surface area contributed by atoms with Gasteiger partial charge >= 0.3 is 0 Å². The van der Waals surface area contributed by atoms with Crippen molar-refractivity contribution in [2.24, 2.45) is 5.73 Å². The zero-order valence-electron chi connectivity index (χ0n) is 12.3. The Kier molecular flexibility index (Phi) is 4.42. The largest absolute Gasteiger partial charge is 0.396 e. The minimum Gasteiger partial charge on any atom is -0.396 e. The fraction of sp³-hybridized carbons (Fsp3) is 0.250. The standard InChI is InChI=1S/C16H20N4O/c1-11(2)20(10-12-6-4-3-5-7-12)16-13(17)8-9-14(19-16)15(18)21/h3-9,11H,10,17H2,1-2H3,(H2,18,21). The van der Waals surface area contributed by atoms with Crippen LogP contribution in [0.25, 0.3) is 0 Å². The summed E-state index contributed by atoms with van der Waals surface area (Å²) < 4.78 is 0. The maximum absolute atomic E-state index is 11.3. The number of nitrogens with two attached hydrogens (primary N) is 2. The molecule has 0 unspecified atom stereocenters. The number of carbonyl (C=O) groups is 1. The van der Waals surface area contributed by atoms with Crippen LogP contribution in [0.1, 0.15) is 29.9 Å². The summed E-state index contributed by atoms with van der Waals surface area (Å²) in [5, 5.41) is 0. The monoisotopic (exact) mass is 284 g/mol. The molecule has 0 aliphatic carbocycles. The van der Waals surface area contributed by atoms with Crippen LogP contribution >= 0.6 is 0 Å². The summed E-state index contributed by atoms with van der Waals surface area (Å²) in [7, 11) is 0. The first-order chi connectivity index (χ1) is 9.99. The fourth-order valence-electron chi connectivity index (χ4n) is 2.11. The third kappa shape index (κ3) is 3.51. The normalized spacial score (nSPS) is 10.6. The summed E-state index contributed by atoms with van der Waals surface area (Å²) in [6.07, 6.45) is 0. The summed E-state index contributed by atoms with van der Waals surface area (Å²) >= 11 is 0. The average Bonchev–Trinajstić information content (AvgIpc) is 2.46. The molecule has 1 aromatic heterocycles. The van der Waals surface area contributed by atoms with Gasteiger partial charge in [-0.05, 0) is 31.5 Å². The van der Waals surface area contributed by atoms with E-state index in [1.54, 1.807) is 12.1 Å². The number of nitrogen functional groups attached to an aromatic ring is 1. The van der Waals surface area contributed by atoms with E-state index in [4.69, 9.17) is 11.5 Å². The summed E-state index contributed by atoms with van der Waals surface area (Å²) in [6.45, 7) is 4.78. The van der Waals surface area contributed by atoms with E-state index < -0.39 is 5.91 Å². The van der Waals surface area contributed by atoms with Crippen molar-refractivity contribution in [1.29, 1.82) is 0 Å². The zero-order valence-corrected chi connectivity index (χ0v) is 12.3. The second-order valence-corrected chi connectivity index (χ2v) is 5.18. The smallest absolute Gasteiger partial charge is 0.267 e. The zero-order chi connectivity index (χ0) is 15.4. The van der Waals surface area contributed by atoms with E-state index in [0.717, 1.165) is 5.56 Å². The van der Waals surface area contributed by atoms with Crippen LogP contribution in [0.2, 0.25) is 0 Å². The Morgan fingerprint density at radius 1 is 1.19 bits per heavy atom. The second-order valence-electron chi connectivity index (χ2n) is 5.18. The van der Waals surface area contributed by atoms with Crippen molar-refractivity contribution in [3.63, 3.8) is 0 Å². The lowest BCUT2D eigenvalue weighted by Crippen LogP contribution is -2.32. The molecule has 0 bridgehead atoms. The van der Waals surface area contributed by atoms with Crippen molar-refractivity contribution in [2.45, 2.75) is 26.4 Å². The van der Waals surface area contributed by atoms with Gasteiger partial charge in [0.15, 0.2) is 5.82 Å². The highest BCUT2D eigenvalue weighted by Gasteiger charge is 2.17. The Balaban J connectivity index is 2.38. The van der Waals surface area contributed by atoms with Gasteiger partial charge in [0.25, 0.3) is 5.91 Å². The molecule has 1 aromatic carbocycles. The highest BCUT2D eigenvalue weighted by Crippen LogP contribution is 2.24. The van der Waals surface area contributed by atoms with E-state index in [-0.39, 0.29) is 11.7 Å². The summed E-state index contributed by atoms with van der Waals surface area (Å²) in [5.74, 6) is 0.0322. The van der Waals surface area contributed by atoms with Crippen LogP contribution in [-0.2, 0) is 6.54 Å². The first-order valence-electron chi connectivity index (χ1n) is 6.86. The molecule has 5 heteroatoms. The van der Waals surface area contributed by atoms with Gasteiger partial charge < -0.3 is 16.4 Å². The molecular weight excluding hydrogens is 264 g/mol. The van der Waals surface area contributed by atoms with E-state index in [1.165, 1.54) is 0 Å². The third-order valence-electron chi connectivity index (χ3n) is 3.25. The maximum Gasteiger partial charge on any atom is 0.267 e. The Morgan fingerprint density at radius 2 is 1.86 bits per heavy atom. The Bertz CT molecular complexity index is 625. The molecule has 2 rings (SSSR count). The van der Waals surface area contributed by atoms with Gasteiger partial charge in [0.05, 0.1) is 5.69 Å². The number of rotatable bonds is 5. The van der Waals surface area contributed by atoms with Gasteiger partial charge in [-0.15, -0.1) is 0 Å². The number of carbonyl (C=O) groups excluding carboxylic acids is 1. The second kappa shape index (κ2) is 6.26. The molecule has 0 aliphatic rings. The number of pyridine rings is 1. The van der Waals surface area contributed by atoms with Gasteiger partial charge in [0.1, 0.15) is 5.69 Å². The molecule has 0 spiro atoms. The van der Waals surface area contributed by atoms with E-state index in [1.807, 2.05) is 30.3 Å². The molecule has 1 heterocycles. The number of anilines is 2. The Labute approximate surface area is 124 Å². The maximum atomic E-state index is 11.3. The van der Waals surface area contributed by atoms with Crippen molar-refractivity contribution in [3.05, 3.63) is 53.7 Å². The number of primary amides is 1. The third-order valence-corrected chi connectivity index (χ3v) is 3.25. The number of hydrogen-bond acceptors (Lipinski definition) is 4. The molecule has 0 saturated carbocycles. The Hall–Kier alpha value is -2.56. The lowest BCUT2D eigenvalue weighted by molar-refractivity contribution is 0.0995. The molecule has 1 amide bonds. The van der Waals surface area contributed by atoms with E-state index in [9.17, 15) is 4.79 Å². The molecule has 0 aliphatic heterocycles. The lowest BCUT2D eigenvalue weighted by atomic mass is 10.1. The fourth-order valence-corrected chi connectivity index (χ4v) is 2.11. The minimum atomic E-state index is -0.556. The minimum absolute atomic E-state index is 0.183. The SMILES string of the molecule is CC(C)N(Cc1ccccc1)c1nc(C(N)=O)ccc1N. The Morgan fingerprint density at radius 3 is 2.43 bits per heavy atom. The van der Waals surface area contributed by atoms with Crippen molar-refractivity contribution < 1.29 is 4.79 Å².